The summed E-state index contributed by atoms with van der Waals surface area (Å²) in [6, 6.07) is 39.3. The summed E-state index contributed by atoms with van der Waals surface area (Å²) in [6.45, 7) is 2.11. The summed E-state index contributed by atoms with van der Waals surface area (Å²) < 4.78 is 8.40. The van der Waals surface area contributed by atoms with Crippen LogP contribution in [0.2, 0.25) is 0 Å². The van der Waals surface area contributed by atoms with Gasteiger partial charge in [-0.25, -0.2) is 0 Å². The standard InChI is InChI=1S/C33H21N3O.Pt/c1-22-9-2-3-12-26(22)31-21-36-32-15-5-4-13-28(32)27-17-16-25(20-29(27)33(36)35-31)37-24-11-8-10-23(19-24)30-14-6-7-18-34-30;/h2-18,21H,1H3;/q-2;+2. The van der Waals surface area contributed by atoms with Crippen molar-refractivity contribution in [3.05, 3.63) is 127 Å². The third-order valence-electron chi connectivity index (χ3n) is 6.65. The molecule has 0 aliphatic carbocycles. The maximum absolute atomic E-state index is 6.24. The van der Waals surface area contributed by atoms with Crippen LogP contribution < -0.4 is 4.74 Å². The topological polar surface area (TPSA) is 39.4 Å². The van der Waals surface area contributed by atoms with Crippen molar-refractivity contribution in [2.45, 2.75) is 6.92 Å². The molecule has 0 spiro atoms. The van der Waals surface area contributed by atoms with Gasteiger partial charge < -0.3 is 14.1 Å². The van der Waals surface area contributed by atoms with Crippen LogP contribution in [0.15, 0.2) is 109 Å². The van der Waals surface area contributed by atoms with Gasteiger partial charge in [-0.3, -0.25) is 4.98 Å². The van der Waals surface area contributed by atoms with Gasteiger partial charge in [0.05, 0.1) is 11.3 Å². The Balaban J connectivity index is 0.00000264. The van der Waals surface area contributed by atoms with E-state index in [1.54, 1.807) is 6.20 Å². The number of benzene rings is 4. The SMILES string of the molecule is Cc1ccccc1-c1cn2c3ccccc3c3ccc(Oc4[c-]c(-c5ccccn5)ccc4)[c-]c3c2n1.[Pt+2]. The van der Waals surface area contributed by atoms with E-state index in [4.69, 9.17) is 9.72 Å². The Hall–Kier alpha value is -4.27. The van der Waals surface area contributed by atoms with E-state index in [0.29, 0.717) is 11.5 Å². The molecule has 7 aromatic rings. The first-order chi connectivity index (χ1) is 18.2. The fourth-order valence-corrected chi connectivity index (χ4v) is 4.87. The van der Waals surface area contributed by atoms with Gasteiger partial charge in [0.1, 0.15) is 0 Å². The van der Waals surface area contributed by atoms with Crippen LogP contribution in [0.3, 0.4) is 0 Å². The van der Waals surface area contributed by atoms with Gasteiger partial charge in [-0.05, 0) is 35.7 Å². The molecule has 0 saturated heterocycles. The number of hydrogen-bond acceptors (Lipinski definition) is 3. The van der Waals surface area contributed by atoms with Gasteiger partial charge in [0.15, 0.2) is 0 Å². The van der Waals surface area contributed by atoms with Gasteiger partial charge in [-0.1, -0.05) is 83.6 Å². The minimum atomic E-state index is 0. The van der Waals surface area contributed by atoms with Crippen LogP contribution in [0.4, 0.5) is 0 Å². The predicted octanol–water partition coefficient (Wildman–Crippen LogP) is 8.07. The van der Waals surface area contributed by atoms with Crippen LogP contribution in [0, 0.1) is 19.1 Å². The molecule has 0 fully saturated rings. The van der Waals surface area contributed by atoms with Crippen LogP contribution in [-0.2, 0) is 21.1 Å². The van der Waals surface area contributed by atoms with E-state index in [2.05, 4.69) is 89.2 Å². The second-order valence-corrected chi connectivity index (χ2v) is 9.01. The average molecular weight is 671 g/mol. The van der Waals surface area contributed by atoms with Crippen LogP contribution >= 0.6 is 0 Å². The molecular weight excluding hydrogens is 649 g/mol. The number of aryl methyl sites for hydroxylation is 1. The van der Waals surface area contributed by atoms with Gasteiger partial charge in [0.2, 0.25) is 0 Å². The monoisotopic (exact) mass is 670 g/mol. The number of para-hydroxylation sites is 1. The summed E-state index contributed by atoms with van der Waals surface area (Å²) in [5.41, 5.74) is 6.94. The van der Waals surface area contributed by atoms with E-state index in [9.17, 15) is 0 Å². The summed E-state index contributed by atoms with van der Waals surface area (Å²) in [7, 11) is 0. The second-order valence-electron chi connectivity index (χ2n) is 9.01. The smallest absolute Gasteiger partial charge is 0.497 e. The maximum atomic E-state index is 6.24. The Labute approximate surface area is 234 Å². The summed E-state index contributed by atoms with van der Waals surface area (Å²) in [4.78, 5) is 9.51. The molecule has 0 aliphatic rings. The van der Waals surface area contributed by atoms with E-state index in [1.807, 2.05) is 42.5 Å². The van der Waals surface area contributed by atoms with Crippen molar-refractivity contribution in [1.82, 2.24) is 14.4 Å². The predicted molar refractivity (Wildman–Crippen MR) is 148 cm³/mol. The molecule has 38 heavy (non-hydrogen) atoms. The minimum absolute atomic E-state index is 0. The molecule has 0 radical (unpaired) electrons. The van der Waals surface area contributed by atoms with Gasteiger partial charge in [0, 0.05) is 35.0 Å². The normalized spacial score (nSPS) is 11.1. The molecule has 7 rings (SSSR count). The molecule has 4 aromatic carbocycles. The van der Waals surface area contributed by atoms with Crippen molar-refractivity contribution >= 4 is 27.3 Å². The third-order valence-corrected chi connectivity index (χ3v) is 6.65. The number of ether oxygens (including phenoxy) is 1. The van der Waals surface area contributed by atoms with Crippen molar-refractivity contribution in [3.8, 4) is 34.0 Å². The van der Waals surface area contributed by atoms with Crippen LogP contribution in [0.5, 0.6) is 11.5 Å². The fourth-order valence-electron chi connectivity index (χ4n) is 4.87. The summed E-state index contributed by atoms with van der Waals surface area (Å²) in [5, 5.41) is 3.14. The zero-order chi connectivity index (χ0) is 24.8. The Bertz CT molecular complexity index is 1930. The zero-order valence-electron chi connectivity index (χ0n) is 20.5. The van der Waals surface area contributed by atoms with Gasteiger partial charge in [-0.2, -0.15) is 0 Å². The Morgan fingerprint density at radius 3 is 2.39 bits per heavy atom. The van der Waals surface area contributed by atoms with E-state index in [0.717, 1.165) is 49.8 Å². The molecule has 184 valence electrons. The van der Waals surface area contributed by atoms with Crippen molar-refractivity contribution in [2.75, 3.05) is 0 Å². The number of aromatic nitrogens is 3. The number of rotatable bonds is 4. The molecule has 0 saturated carbocycles. The summed E-state index contributed by atoms with van der Waals surface area (Å²) >= 11 is 0. The number of pyridine rings is 2. The minimum Gasteiger partial charge on any atom is -0.497 e. The van der Waals surface area contributed by atoms with Crippen molar-refractivity contribution in [2.24, 2.45) is 0 Å². The van der Waals surface area contributed by atoms with Gasteiger partial charge in [-0.15, -0.1) is 29.8 Å². The molecular formula is C33H21N3OPt. The second kappa shape index (κ2) is 9.89. The van der Waals surface area contributed by atoms with Crippen LogP contribution in [0.25, 0.3) is 49.8 Å². The quantitative estimate of drug-likeness (QED) is 0.141. The van der Waals surface area contributed by atoms with E-state index < -0.39 is 0 Å². The Kier molecular flexibility index (Phi) is 6.27. The molecule has 0 bridgehead atoms. The molecule has 0 aliphatic heterocycles. The largest absolute Gasteiger partial charge is 2.00 e. The number of imidazole rings is 1. The third kappa shape index (κ3) is 4.17. The van der Waals surface area contributed by atoms with Crippen molar-refractivity contribution in [1.29, 1.82) is 0 Å². The fraction of sp³-hybridized carbons (Fsp3) is 0.0303. The molecule has 0 unspecified atom stereocenters. The van der Waals surface area contributed by atoms with Crippen molar-refractivity contribution in [3.63, 3.8) is 0 Å². The van der Waals surface area contributed by atoms with E-state index in [-0.39, 0.29) is 21.1 Å². The molecule has 0 atom stereocenters. The van der Waals surface area contributed by atoms with E-state index in [1.165, 1.54) is 5.56 Å². The van der Waals surface area contributed by atoms with Gasteiger partial charge >= 0.3 is 21.1 Å². The molecule has 5 heteroatoms. The summed E-state index contributed by atoms with van der Waals surface area (Å²) in [5.74, 6) is 1.22. The van der Waals surface area contributed by atoms with Crippen molar-refractivity contribution < 1.29 is 25.8 Å². The first-order valence-corrected chi connectivity index (χ1v) is 12.2. The Morgan fingerprint density at radius 1 is 0.711 bits per heavy atom. The van der Waals surface area contributed by atoms with Crippen LogP contribution in [0.1, 0.15) is 5.56 Å². The number of hydrogen-bond donors (Lipinski definition) is 0. The molecule has 3 aromatic heterocycles. The average Bonchev–Trinajstić information content (AvgIpc) is 3.40. The molecule has 0 N–H and O–H groups in total. The maximum Gasteiger partial charge on any atom is 2.00 e. The van der Waals surface area contributed by atoms with Gasteiger partial charge in [0.25, 0.3) is 0 Å². The molecule has 4 nitrogen and oxygen atoms in total. The summed E-state index contributed by atoms with van der Waals surface area (Å²) in [6.07, 6.45) is 3.89. The number of nitrogens with zero attached hydrogens (tertiary/aromatic N) is 3. The number of fused-ring (bicyclic) bond motifs is 6. The first-order valence-electron chi connectivity index (χ1n) is 12.2. The molecule has 3 heterocycles. The Morgan fingerprint density at radius 2 is 1.53 bits per heavy atom. The first kappa shape index (κ1) is 24.1. The zero-order valence-corrected chi connectivity index (χ0v) is 22.7. The van der Waals surface area contributed by atoms with E-state index >= 15 is 0 Å². The molecule has 0 amide bonds. The van der Waals surface area contributed by atoms with Crippen LogP contribution in [-0.4, -0.2) is 14.4 Å².